The summed E-state index contributed by atoms with van der Waals surface area (Å²) >= 11 is 3.32. The number of amides is 1. The fraction of sp³-hybridized carbons (Fsp3) is 0.222. The summed E-state index contributed by atoms with van der Waals surface area (Å²) in [6.07, 6.45) is -0.987. The molecule has 0 fully saturated rings. The molecule has 2 atom stereocenters. The van der Waals surface area contributed by atoms with Crippen molar-refractivity contribution in [3.8, 4) is 0 Å². The van der Waals surface area contributed by atoms with Gasteiger partial charge in [-0.3, -0.25) is 9.00 Å². The van der Waals surface area contributed by atoms with Gasteiger partial charge in [0.1, 0.15) is 0 Å². The van der Waals surface area contributed by atoms with E-state index >= 15 is 0 Å². The maximum Gasteiger partial charge on any atom is 0.340 e. The van der Waals surface area contributed by atoms with Crippen LogP contribution in [0.5, 0.6) is 0 Å². The van der Waals surface area contributed by atoms with Crippen LogP contribution in [0.4, 0.5) is 5.69 Å². The van der Waals surface area contributed by atoms with Gasteiger partial charge >= 0.3 is 5.97 Å². The number of esters is 1. The molecule has 7 heteroatoms. The first kappa shape index (κ1) is 19.3. The van der Waals surface area contributed by atoms with E-state index in [-0.39, 0.29) is 5.56 Å². The minimum absolute atomic E-state index is 0.214. The quantitative estimate of drug-likeness (QED) is 0.717. The van der Waals surface area contributed by atoms with E-state index in [1.807, 2.05) is 0 Å². The predicted molar refractivity (Wildman–Crippen MR) is 101 cm³/mol. The Morgan fingerprint density at radius 1 is 1.16 bits per heavy atom. The van der Waals surface area contributed by atoms with Gasteiger partial charge in [0.25, 0.3) is 5.91 Å². The lowest BCUT2D eigenvalue weighted by atomic mass is 10.2. The third-order valence-electron chi connectivity index (χ3n) is 3.38. The Balaban J connectivity index is 2.06. The smallest absolute Gasteiger partial charge is 0.340 e. The minimum Gasteiger partial charge on any atom is -0.449 e. The van der Waals surface area contributed by atoms with E-state index in [2.05, 4.69) is 21.2 Å². The Morgan fingerprint density at radius 2 is 1.80 bits per heavy atom. The molecule has 2 aromatic carbocycles. The molecule has 0 aliphatic heterocycles. The van der Waals surface area contributed by atoms with Crippen LogP contribution >= 0.6 is 15.9 Å². The van der Waals surface area contributed by atoms with Crippen molar-refractivity contribution in [1.82, 2.24) is 0 Å². The Hall–Kier alpha value is -1.99. The number of carbonyl (C=O) groups is 2. The summed E-state index contributed by atoms with van der Waals surface area (Å²) in [5, 5.41) is 2.68. The topological polar surface area (TPSA) is 72.5 Å². The summed E-state index contributed by atoms with van der Waals surface area (Å²) in [4.78, 5) is 24.9. The van der Waals surface area contributed by atoms with Crippen molar-refractivity contribution in [3.05, 3.63) is 58.6 Å². The van der Waals surface area contributed by atoms with Crippen LogP contribution in [0.3, 0.4) is 0 Å². The number of hydrogen-bond acceptors (Lipinski definition) is 4. The first-order chi connectivity index (χ1) is 11.9. The van der Waals surface area contributed by atoms with E-state index in [1.54, 1.807) is 55.5 Å². The van der Waals surface area contributed by atoms with Gasteiger partial charge in [-0.15, -0.1) is 0 Å². The van der Waals surface area contributed by atoms with Crippen LogP contribution in [0.1, 0.15) is 24.2 Å². The fourth-order valence-corrected chi connectivity index (χ4v) is 3.25. The highest BCUT2D eigenvalue weighted by Gasteiger charge is 2.22. The van der Waals surface area contributed by atoms with E-state index < -0.39 is 28.8 Å². The van der Waals surface area contributed by atoms with Crippen LogP contribution in [0.2, 0.25) is 0 Å². The van der Waals surface area contributed by atoms with Crippen molar-refractivity contribution in [1.29, 1.82) is 0 Å². The predicted octanol–water partition coefficient (Wildman–Crippen LogP) is 3.76. The van der Waals surface area contributed by atoms with E-state index in [0.717, 1.165) is 4.47 Å². The maximum atomic E-state index is 12.4. The van der Waals surface area contributed by atoms with Crippen molar-refractivity contribution in [3.63, 3.8) is 0 Å². The average Bonchev–Trinajstić information content (AvgIpc) is 2.62. The van der Waals surface area contributed by atoms with Crippen molar-refractivity contribution < 1.29 is 18.5 Å². The molecule has 5 nitrogen and oxygen atoms in total. The van der Waals surface area contributed by atoms with Gasteiger partial charge in [0.15, 0.2) is 6.10 Å². The molecule has 25 heavy (non-hydrogen) atoms. The van der Waals surface area contributed by atoms with E-state index in [1.165, 1.54) is 6.92 Å². The largest absolute Gasteiger partial charge is 0.449 e. The van der Waals surface area contributed by atoms with Gasteiger partial charge in [-0.05, 0) is 43.3 Å². The second kappa shape index (κ2) is 8.92. The van der Waals surface area contributed by atoms with E-state index in [0.29, 0.717) is 16.3 Å². The number of rotatable bonds is 6. The molecule has 0 aliphatic carbocycles. The monoisotopic (exact) mass is 423 g/mol. The first-order valence-corrected chi connectivity index (χ1v) is 9.78. The first-order valence-electron chi connectivity index (χ1n) is 7.67. The SMILES string of the molecule is CCS(=O)c1ccccc1C(=O)OC(C)C(=O)Nc1ccc(Br)cc1. The second-order valence-corrected chi connectivity index (χ2v) is 7.80. The van der Waals surface area contributed by atoms with Gasteiger partial charge in [-0.25, -0.2) is 4.79 Å². The van der Waals surface area contributed by atoms with Gasteiger partial charge in [0.2, 0.25) is 0 Å². The lowest BCUT2D eigenvalue weighted by molar-refractivity contribution is -0.123. The zero-order valence-corrected chi connectivity index (χ0v) is 16.2. The molecular weight excluding hydrogens is 406 g/mol. The van der Waals surface area contributed by atoms with Crippen LogP contribution in [0, 0.1) is 0 Å². The van der Waals surface area contributed by atoms with Crippen molar-refractivity contribution in [2.24, 2.45) is 0 Å². The Kier molecular flexibility index (Phi) is 6.90. The minimum atomic E-state index is -1.29. The zero-order valence-electron chi connectivity index (χ0n) is 13.8. The van der Waals surface area contributed by atoms with Crippen LogP contribution in [-0.4, -0.2) is 27.9 Å². The van der Waals surface area contributed by atoms with Gasteiger partial charge in [0, 0.05) is 15.9 Å². The normalized spacial score (nSPS) is 12.9. The van der Waals surface area contributed by atoms with Gasteiger partial charge < -0.3 is 10.1 Å². The molecule has 0 heterocycles. The summed E-state index contributed by atoms with van der Waals surface area (Å²) in [6, 6.07) is 13.6. The van der Waals surface area contributed by atoms with Crippen molar-refractivity contribution in [2.45, 2.75) is 24.8 Å². The number of halogens is 1. The number of hydrogen-bond donors (Lipinski definition) is 1. The third kappa shape index (κ3) is 5.24. The maximum absolute atomic E-state index is 12.4. The highest BCUT2D eigenvalue weighted by atomic mass is 79.9. The number of nitrogens with one attached hydrogen (secondary N) is 1. The van der Waals surface area contributed by atoms with Crippen LogP contribution in [0.15, 0.2) is 57.9 Å². The third-order valence-corrected chi connectivity index (χ3v) is 5.28. The zero-order chi connectivity index (χ0) is 18.4. The Labute approximate surface area is 157 Å². The number of anilines is 1. The van der Waals surface area contributed by atoms with Crippen LogP contribution < -0.4 is 5.32 Å². The molecule has 132 valence electrons. The molecule has 1 amide bonds. The molecular formula is C18H18BrNO4S. The van der Waals surface area contributed by atoms with Gasteiger partial charge in [0.05, 0.1) is 21.3 Å². The summed E-state index contributed by atoms with van der Waals surface area (Å²) in [5.74, 6) is -0.718. The number of benzene rings is 2. The second-order valence-electron chi connectivity index (χ2n) is 5.17. The molecule has 0 spiro atoms. The summed E-state index contributed by atoms with van der Waals surface area (Å²) in [5.41, 5.74) is 0.814. The Bertz CT molecular complexity index is 792. The molecule has 0 aliphatic rings. The molecule has 2 unspecified atom stereocenters. The molecule has 2 rings (SSSR count). The molecule has 0 radical (unpaired) electrons. The average molecular weight is 424 g/mol. The van der Waals surface area contributed by atoms with Crippen LogP contribution in [0.25, 0.3) is 0 Å². The highest BCUT2D eigenvalue weighted by molar-refractivity contribution is 9.10. The molecule has 0 saturated heterocycles. The van der Waals surface area contributed by atoms with Crippen molar-refractivity contribution >= 4 is 44.3 Å². The number of ether oxygens (including phenoxy) is 1. The molecule has 0 bridgehead atoms. The Morgan fingerprint density at radius 3 is 2.44 bits per heavy atom. The van der Waals surface area contributed by atoms with Crippen LogP contribution in [-0.2, 0) is 20.3 Å². The molecule has 0 saturated carbocycles. The fourth-order valence-electron chi connectivity index (χ4n) is 2.04. The summed E-state index contributed by atoms with van der Waals surface area (Å²) in [6.45, 7) is 3.26. The lowest BCUT2D eigenvalue weighted by Crippen LogP contribution is -2.30. The van der Waals surface area contributed by atoms with E-state index in [9.17, 15) is 13.8 Å². The summed E-state index contributed by atoms with van der Waals surface area (Å²) < 4.78 is 18.2. The molecule has 1 N–H and O–H groups in total. The van der Waals surface area contributed by atoms with E-state index in [4.69, 9.17) is 4.74 Å². The highest BCUT2D eigenvalue weighted by Crippen LogP contribution is 2.17. The standard InChI is InChI=1S/C18H18BrNO4S/c1-3-25(23)16-7-5-4-6-15(16)18(22)24-12(2)17(21)20-14-10-8-13(19)9-11-14/h4-12H,3H2,1-2H3,(H,20,21). The summed E-state index contributed by atoms with van der Waals surface area (Å²) in [7, 11) is -1.29. The van der Waals surface area contributed by atoms with Gasteiger partial charge in [-0.1, -0.05) is 35.0 Å². The van der Waals surface area contributed by atoms with Crippen molar-refractivity contribution in [2.75, 3.05) is 11.1 Å². The molecule has 0 aromatic heterocycles. The molecule has 2 aromatic rings. The van der Waals surface area contributed by atoms with Gasteiger partial charge in [-0.2, -0.15) is 0 Å². The lowest BCUT2D eigenvalue weighted by Gasteiger charge is -2.15. The number of carbonyl (C=O) groups excluding carboxylic acids is 2.